The molecule has 0 aliphatic carbocycles. The van der Waals surface area contributed by atoms with E-state index in [0.29, 0.717) is 0 Å². The monoisotopic (exact) mass is 209 g/mol. The summed E-state index contributed by atoms with van der Waals surface area (Å²) in [6.07, 6.45) is 0. The second kappa shape index (κ2) is 4.22. The normalized spacial score (nSPS) is 14.2. The van der Waals surface area contributed by atoms with Gasteiger partial charge in [0, 0.05) is 0 Å². The Hall–Kier alpha value is -0.386. The fourth-order valence-corrected chi connectivity index (χ4v) is 8.14. The van der Waals surface area contributed by atoms with Crippen LogP contribution in [0.3, 0.4) is 0 Å². The topological polar surface area (TPSA) is 12.0 Å². The summed E-state index contributed by atoms with van der Waals surface area (Å²) in [4.78, 5) is 0. The molecule has 0 saturated heterocycles. The van der Waals surface area contributed by atoms with Crippen LogP contribution in [0.2, 0.25) is 26.2 Å². The summed E-state index contributed by atoms with van der Waals surface area (Å²) in [5, 5.41) is 1.52. The first kappa shape index (κ1) is 10.7. The van der Waals surface area contributed by atoms with Crippen LogP contribution < -0.4 is 9.83 Å². The molecule has 0 aromatic heterocycles. The van der Waals surface area contributed by atoms with Crippen LogP contribution in [-0.2, 0) is 0 Å². The second-order valence-corrected chi connectivity index (χ2v) is 12.3. The molecule has 3 heteroatoms. The first-order valence-electron chi connectivity index (χ1n) is 4.82. The van der Waals surface area contributed by atoms with Gasteiger partial charge in [-0.15, -0.1) is 0 Å². The molecular weight excluding hydrogens is 190 g/mol. The Balaban J connectivity index is 2.64. The molecule has 1 atom stereocenters. The maximum atomic E-state index is 3.81. The molecule has 1 aromatic rings. The van der Waals surface area contributed by atoms with E-state index in [2.05, 4.69) is 61.2 Å². The molecule has 0 radical (unpaired) electrons. The molecule has 0 amide bonds. The number of hydrogen-bond acceptors (Lipinski definition) is 1. The summed E-state index contributed by atoms with van der Waals surface area (Å²) in [7, 11) is -1.97. The van der Waals surface area contributed by atoms with E-state index in [0.717, 1.165) is 0 Å². The molecule has 0 aliphatic heterocycles. The third-order valence-corrected chi connectivity index (χ3v) is 8.53. The molecule has 13 heavy (non-hydrogen) atoms. The number of hydrogen-bond donors (Lipinski definition) is 1. The van der Waals surface area contributed by atoms with Crippen LogP contribution in [0, 0.1) is 0 Å². The highest BCUT2D eigenvalue weighted by Crippen LogP contribution is 1.96. The maximum absolute atomic E-state index is 3.81. The molecule has 0 heterocycles. The molecule has 1 unspecified atom stereocenters. The molecule has 0 bridgehead atoms. The third-order valence-electron chi connectivity index (χ3n) is 1.95. The summed E-state index contributed by atoms with van der Waals surface area (Å²) in [6, 6.07) is 10.8. The molecule has 0 aliphatic rings. The Morgan fingerprint density at radius 1 is 1.08 bits per heavy atom. The Kier molecular flexibility index (Phi) is 3.47. The zero-order chi connectivity index (χ0) is 9.90. The van der Waals surface area contributed by atoms with E-state index in [1.54, 1.807) is 0 Å². The Labute approximate surface area is 84.0 Å². The molecule has 0 spiro atoms. The average molecular weight is 209 g/mol. The minimum atomic E-state index is -1.09. The van der Waals surface area contributed by atoms with Crippen molar-refractivity contribution in [3.8, 4) is 0 Å². The van der Waals surface area contributed by atoms with E-state index >= 15 is 0 Å². The van der Waals surface area contributed by atoms with E-state index in [1.165, 1.54) is 5.19 Å². The van der Waals surface area contributed by atoms with Gasteiger partial charge in [-0.05, 0) is 5.19 Å². The number of rotatable bonds is 3. The van der Waals surface area contributed by atoms with Gasteiger partial charge in [0.25, 0.3) is 0 Å². The van der Waals surface area contributed by atoms with Crippen molar-refractivity contribution < 1.29 is 0 Å². The Bertz CT molecular complexity index is 253. The highest BCUT2D eigenvalue weighted by atomic mass is 28.4. The van der Waals surface area contributed by atoms with E-state index in [1.807, 2.05) is 0 Å². The molecule has 0 saturated carbocycles. The van der Waals surface area contributed by atoms with Crippen LogP contribution >= 0.6 is 0 Å². The molecule has 1 N–H and O–H groups in total. The van der Waals surface area contributed by atoms with E-state index in [9.17, 15) is 0 Å². The first-order chi connectivity index (χ1) is 5.99. The van der Waals surface area contributed by atoms with E-state index < -0.39 is 17.2 Å². The third kappa shape index (κ3) is 3.89. The Morgan fingerprint density at radius 2 is 1.62 bits per heavy atom. The van der Waals surface area contributed by atoms with Crippen LogP contribution in [0.1, 0.15) is 0 Å². The second-order valence-electron chi connectivity index (χ2n) is 4.53. The van der Waals surface area contributed by atoms with Gasteiger partial charge in [-0.3, -0.25) is 0 Å². The van der Waals surface area contributed by atoms with Crippen LogP contribution in [0.25, 0.3) is 0 Å². The predicted octanol–water partition coefficient (Wildman–Crippen LogP) is 1.67. The van der Waals surface area contributed by atoms with Gasteiger partial charge in [0.15, 0.2) is 0 Å². The minimum Gasteiger partial charge on any atom is -0.359 e. The lowest BCUT2D eigenvalue weighted by molar-refractivity contribution is 1.37. The van der Waals surface area contributed by atoms with E-state index in [-0.39, 0.29) is 0 Å². The van der Waals surface area contributed by atoms with Crippen molar-refractivity contribution in [2.24, 2.45) is 0 Å². The maximum Gasteiger partial charge on any atom is 0.131 e. The summed E-state index contributed by atoms with van der Waals surface area (Å²) < 4.78 is 3.81. The van der Waals surface area contributed by atoms with Gasteiger partial charge in [-0.1, -0.05) is 56.5 Å². The van der Waals surface area contributed by atoms with Gasteiger partial charge in [-0.25, -0.2) is 0 Å². The van der Waals surface area contributed by atoms with Crippen molar-refractivity contribution in [1.82, 2.24) is 4.65 Å². The number of benzene rings is 1. The van der Waals surface area contributed by atoms with Crippen molar-refractivity contribution in [2.75, 3.05) is 0 Å². The fraction of sp³-hybridized carbons (Fsp3) is 0.400. The quantitative estimate of drug-likeness (QED) is 0.747. The van der Waals surface area contributed by atoms with Crippen LogP contribution in [0.15, 0.2) is 30.3 Å². The summed E-state index contributed by atoms with van der Waals surface area (Å²) in [6.45, 7) is 9.45. The van der Waals surface area contributed by atoms with Gasteiger partial charge < -0.3 is 4.65 Å². The van der Waals surface area contributed by atoms with Crippen LogP contribution in [0.4, 0.5) is 0 Å². The van der Waals surface area contributed by atoms with Crippen molar-refractivity contribution in [3.05, 3.63) is 30.3 Å². The number of nitrogens with one attached hydrogen (secondary N) is 1. The van der Waals surface area contributed by atoms with Crippen molar-refractivity contribution in [2.45, 2.75) is 26.2 Å². The molecule has 0 fully saturated rings. The average Bonchev–Trinajstić information content (AvgIpc) is 2.03. The van der Waals surface area contributed by atoms with Gasteiger partial charge >= 0.3 is 0 Å². The van der Waals surface area contributed by atoms with Crippen molar-refractivity contribution >= 4 is 22.4 Å². The standard InChI is InChI=1S/C10H19NSi2/c1-12(11-13(2,3)4)10-8-6-5-7-9-10/h5-9,11-12H,1-4H3. The smallest absolute Gasteiger partial charge is 0.131 e. The zero-order valence-corrected chi connectivity index (χ0v) is 11.1. The summed E-state index contributed by atoms with van der Waals surface area (Å²) in [5.74, 6) is 0. The molecule has 1 rings (SSSR count). The lowest BCUT2D eigenvalue weighted by Gasteiger charge is -2.23. The zero-order valence-electron chi connectivity index (χ0n) is 8.96. The largest absolute Gasteiger partial charge is 0.359 e. The highest BCUT2D eigenvalue weighted by molar-refractivity contribution is 6.87. The summed E-state index contributed by atoms with van der Waals surface area (Å²) in [5.41, 5.74) is 0. The molecule has 72 valence electrons. The van der Waals surface area contributed by atoms with Crippen molar-refractivity contribution in [1.29, 1.82) is 0 Å². The van der Waals surface area contributed by atoms with E-state index in [4.69, 9.17) is 0 Å². The van der Waals surface area contributed by atoms with Gasteiger partial charge in [-0.2, -0.15) is 0 Å². The van der Waals surface area contributed by atoms with Gasteiger partial charge in [0.1, 0.15) is 17.2 Å². The lowest BCUT2D eigenvalue weighted by atomic mass is 10.4. The van der Waals surface area contributed by atoms with Crippen LogP contribution in [-0.4, -0.2) is 17.2 Å². The first-order valence-corrected chi connectivity index (χ1v) is 10.6. The lowest BCUT2D eigenvalue weighted by Crippen LogP contribution is -2.54. The summed E-state index contributed by atoms with van der Waals surface area (Å²) >= 11 is 0. The van der Waals surface area contributed by atoms with Crippen molar-refractivity contribution in [3.63, 3.8) is 0 Å². The molecule has 1 aromatic carbocycles. The SMILES string of the molecule is C[SiH](N[Si](C)(C)C)c1ccccc1. The molecular formula is C10H19NSi2. The minimum absolute atomic E-state index is 0.874. The van der Waals surface area contributed by atoms with Gasteiger partial charge in [0.05, 0.1) is 0 Å². The highest BCUT2D eigenvalue weighted by Gasteiger charge is 2.17. The molecule has 1 nitrogen and oxygen atoms in total. The van der Waals surface area contributed by atoms with Crippen LogP contribution in [0.5, 0.6) is 0 Å². The fourth-order valence-electron chi connectivity index (χ4n) is 1.47. The van der Waals surface area contributed by atoms with Gasteiger partial charge in [0.2, 0.25) is 0 Å². The Morgan fingerprint density at radius 3 is 2.08 bits per heavy atom. The predicted molar refractivity (Wildman–Crippen MR) is 65.6 cm³/mol.